The van der Waals surface area contributed by atoms with E-state index in [1.165, 1.54) is 9.79 Å². The lowest BCUT2D eigenvalue weighted by molar-refractivity contribution is -0.116. The van der Waals surface area contributed by atoms with Crippen molar-refractivity contribution >= 4 is 47.0 Å². The van der Waals surface area contributed by atoms with Crippen molar-refractivity contribution < 1.29 is 9.59 Å². The Hall–Kier alpha value is -3.76. The van der Waals surface area contributed by atoms with Gasteiger partial charge in [-0.3, -0.25) is 9.59 Å². The monoisotopic (exact) mass is 598 g/mol. The normalized spacial score (nSPS) is 16.5. The largest absolute Gasteiger partial charge is 0.309 e. The van der Waals surface area contributed by atoms with Gasteiger partial charge in [-0.2, -0.15) is 10.2 Å². The van der Waals surface area contributed by atoms with Crippen molar-refractivity contribution in [3.63, 3.8) is 0 Å². The molecule has 0 aliphatic heterocycles. The van der Waals surface area contributed by atoms with Gasteiger partial charge in [0, 0.05) is 21.6 Å². The van der Waals surface area contributed by atoms with Crippen molar-refractivity contribution in [3.05, 3.63) is 95.3 Å². The van der Waals surface area contributed by atoms with E-state index < -0.39 is 0 Å². The number of hydrogen-bond acceptors (Lipinski definition) is 8. The highest BCUT2D eigenvalue weighted by atomic mass is 32.2. The summed E-state index contributed by atoms with van der Waals surface area (Å²) in [7, 11) is 0. The summed E-state index contributed by atoms with van der Waals surface area (Å²) >= 11 is 3.35. The molecule has 1 aliphatic carbocycles. The molecule has 0 spiro atoms. The van der Waals surface area contributed by atoms with E-state index in [1.807, 2.05) is 85.3 Å². The van der Waals surface area contributed by atoms with E-state index in [-0.39, 0.29) is 36.5 Å². The number of nitrogens with one attached hydrogen (secondary N) is 2. The van der Waals surface area contributed by atoms with Gasteiger partial charge in [-0.1, -0.05) is 30.7 Å². The minimum Gasteiger partial charge on any atom is -0.309 e. The highest BCUT2D eigenvalue weighted by Crippen LogP contribution is 2.40. The van der Waals surface area contributed by atoms with E-state index in [9.17, 15) is 9.59 Å². The van der Waals surface area contributed by atoms with Crippen molar-refractivity contribution in [1.82, 2.24) is 20.4 Å². The second-order valence-electron chi connectivity index (χ2n) is 10.4. The predicted molar refractivity (Wildman–Crippen MR) is 169 cm³/mol. The second kappa shape index (κ2) is 14.4. The Morgan fingerprint density at radius 3 is 1.43 bits per heavy atom. The summed E-state index contributed by atoms with van der Waals surface area (Å²) in [5.74, 6) is 1.20. The number of nitrogens with zero attached hydrogens (tertiary/aromatic N) is 4. The fourth-order valence-corrected chi connectivity index (χ4v) is 6.03. The van der Waals surface area contributed by atoms with Crippen LogP contribution in [0.25, 0.3) is 0 Å². The number of anilines is 2. The quantitative estimate of drug-likeness (QED) is 0.199. The number of hydrogen-bond donors (Lipinski definition) is 2. The first-order valence-electron chi connectivity index (χ1n) is 14.0. The Bertz CT molecular complexity index is 1370. The minimum atomic E-state index is -0.116. The Morgan fingerprint density at radius 1 is 0.643 bits per heavy atom. The number of thioether (sulfide) groups is 2. The van der Waals surface area contributed by atoms with Crippen LogP contribution in [0.2, 0.25) is 0 Å². The summed E-state index contributed by atoms with van der Waals surface area (Å²) in [4.78, 5) is 27.3. The topological polar surface area (TPSA) is 110 Å². The number of amides is 2. The molecule has 2 heterocycles. The van der Waals surface area contributed by atoms with Crippen LogP contribution < -0.4 is 10.6 Å². The van der Waals surface area contributed by atoms with E-state index >= 15 is 0 Å². The molecular formula is C32H34N6O2S2. The maximum absolute atomic E-state index is 12.5. The lowest BCUT2D eigenvalue weighted by Gasteiger charge is -2.28. The molecule has 5 rings (SSSR count). The molecule has 0 unspecified atom stereocenters. The number of carbonyl (C=O) groups is 2. The third-order valence-electron chi connectivity index (χ3n) is 7.46. The van der Waals surface area contributed by atoms with Gasteiger partial charge in [0.05, 0.1) is 24.2 Å². The fraction of sp³-hybridized carbons (Fsp3) is 0.312. The predicted octanol–water partition coefficient (Wildman–Crippen LogP) is 6.51. The van der Waals surface area contributed by atoms with Gasteiger partial charge >= 0.3 is 0 Å². The molecule has 2 atom stereocenters. The molecule has 216 valence electrons. The summed E-state index contributed by atoms with van der Waals surface area (Å²) in [5, 5.41) is 23.2. The molecule has 10 heteroatoms. The van der Waals surface area contributed by atoms with Gasteiger partial charge in [-0.05, 0) is 91.4 Å². The zero-order valence-corrected chi connectivity index (χ0v) is 25.4. The van der Waals surface area contributed by atoms with E-state index in [2.05, 4.69) is 31.0 Å². The Labute approximate surface area is 254 Å². The van der Waals surface area contributed by atoms with E-state index in [0.717, 1.165) is 48.2 Å². The summed E-state index contributed by atoms with van der Waals surface area (Å²) in [6.07, 6.45) is 8.65. The number of carbonyl (C=O) groups excluding carboxylic acids is 2. The highest BCUT2D eigenvalue weighted by Gasteiger charge is 2.27. The van der Waals surface area contributed by atoms with Crippen molar-refractivity contribution in [2.24, 2.45) is 0 Å². The van der Waals surface area contributed by atoms with Gasteiger partial charge in [0.15, 0.2) is 11.6 Å². The van der Waals surface area contributed by atoms with Gasteiger partial charge in [0.2, 0.25) is 11.8 Å². The average molecular weight is 599 g/mol. The molecule has 2 N–H and O–H groups in total. The van der Waals surface area contributed by atoms with Crippen LogP contribution in [-0.2, 0) is 22.4 Å². The average Bonchev–Trinajstić information content (AvgIpc) is 3.02. The molecular weight excluding hydrogens is 565 g/mol. The van der Waals surface area contributed by atoms with Gasteiger partial charge < -0.3 is 10.6 Å². The Balaban J connectivity index is 1.12. The molecule has 1 aliphatic rings. The van der Waals surface area contributed by atoms with Crippen LogP contribution in [0, 0.1) is 0 Å². The molecule has 0 saturated heterocycles. The molecule has 0 radical (unpaired) electrons. The van der Waals surface area contributed by atoms with Crippen LogP contribution in [0.1, 0.15) is 60.0 Å². The molecule has 1 saturated carbocycles. The molecule has 2 aromatic heterocycles. The zero-order valence-electron chi connectivity index (χ0n) is 23.7. The fourth-order valence-electron chi connectivity index (χ4n) is 5.21. The number of benzene rings is 2. The van der Waals surface area contributed by atoms with Crippen molar-refractivity contribution in [2.75, 3.05) is 23.1 Å². The van der Waals surface area contributed by atoms with Gasteiger partial charge in [0.1, 0.15) is 0 Å². The summed E-state index contributed by atoms with van der Waals surface area (Å²) in [5.41, 5.74) is 3.76. The molecule has 2 amide bonds. The Kier molecular flexibility index (Phi) is 10.2. The van der Waals surface area contributed by atoms with Crippen molar-refractivity contribution in [2.45, 2.75) is 60.2 Å². The molecule has 8 nitrogen and oxygen atoms in total. The Morgan fingerprint density at radius 2 is 1.07 bits per heavy atom. The SMILES string of the molecule is CSc1ccc(CC(=O)Nc2ccc([C@H]3CCC[C@H](c4ccc(NC(=O)Cc5ccc(SC)cc5)nn4)C3)nn2)cc1. The van der Waals surface area contributed by atoms with Crippen LogP contribution in [0.5, 0.6) is 0 Å². The first-order valence-corrected chi connectivity index (χ1v) is 16.5. The second-order valence-corrected chi connectivity index (χ2v) is 12.2. The van der Waals surface area contributed by atoms with Crippen LogP contribution in [0.3, 0.4) is 0 Å². The molecule has 42 heavy (non-hydrogen) atoms. The van der Waals surface area contributed by atoms with Crippen LogP contribution in [0.4, 0.5) is 11.6 Å². The summed E-state index contributed by atoms with van der Waals surface area (Å²) in [6.45, 7) is 0. The van der Waals surface area contributed by atoms with Crippen LogP contribution in [-0.4, -0.2) is 44.7 Å². The van der Waals surface area contributed by atoms with E-state index in [0.29, 0.717) is 11.6 Å². The smallest absolute Gasteiger partial charge is 0.229 e. The lowest BCUT2D eigenvalue weighted by Crippen LogP contribution is -2.18. The first-order chi connectivity index (χ1) is 20.5. The molecule has 1 fully saturated rings. The third-order valence-corrected chi connectivity index (χ3v) is 8.95. The highest BCUT2D eigenvalue weighted by molar-refractivity contribution is 7.98. The molecule has 4 aromatic rings. The standard InChI is InChI=1S/C32H34N6O2S2/c1-41-25-10-6-21(7-11-25)18-31(39)33-29-16-14-27(35-37-29)23-4-3-5-24(20-23)28-15-17-30(38-36-28)34-32(40)19-22-8-12-26(42-2)13-9-22/h6-17,23-24H,3-5,18-20H2,1-2H3,(H,33,37,39)(H,34,38,40)/t23-,24-/m0/s1. The van der Waals surface area contributed by atoms with E-state index in [1.54, 1.807) is 23.5 Å². The van der Waals surface area contributed by atoms with Gasteiger partial charge in [-0.15, -0.1) is 33.7 Å². The molecule has 0 bridgehead atoms. The van der Waals surface area contributed by atoms with Crippen LogP contribution >= 0.6 is 23.5 Å². The number of aromatic nitrogens is 4. The number of rotatable bonds is 10. The zero-order chi connectivity index (χ0) is 29.3. The summed E-state index contributed by atoms with van der Waals surface area (Å²) < 4.78 is 0. The van der Waals surface area contributed by atoms with Gasteiger partial charge in [-0.25, -0.2) is 0 Å². The third kappa shape index (κ3) is 8.17. The first kappa shape index (κ1) is 29.7. The van der Waals surface area contributed by atoms with Gasteiger partial charge in [0.25, 0.3) is 0 Å². The van der Waals surface area contributed by atoms with Crippen molar-refractivity contribution in [1.29, 1.82) is 0 Å². The van der Waals surface area contributed by atoms with Crippen molar-refractivity contribution in [3.8, 4) is 0 Å². The molecule has 2 aromatic carbocycles. The maximum Gasteiger partial charge on any atom is 0.229 e. The summed E-state index contributed by atoms with van der Waals surface area (Å²) in [6, 6.07) is 23.5. The lowest BCUT2D eigenvalue weighted by atomic mass is 9.78. The maximum atomic E-state index is 12.5. The van der Waals surface area contributed by atoms with E-state index in [4.69, 9.17) is 0 Å². The minimum absolute atomic E-state index is 0.116. The van der Waals surface area contributed by atoms with Crippen LogP contribution in [0.15, 0.2) is 82.6 Å².